The smallest absolute Gasteiger partial charge is 0.304 e. The van der Waals surface area contributed by atoms with E-state index in [1.165, 1.54) is 0 Å². The fraction of sp³-hybridized carbons (Fsp3) is 0.714. The summed E-state index contributed by atoms with van der Waals surface area (Å²) in [6.07, 6.45) is 0.715. The van der Waals surface area contributed by atoms with Crippen LogP contribution in [0.2, 0.25) is 0 Å². The van der Waals surface area contributed by atoms with Crippen LogP contribution in [0.25, 0.3) is 0 Å². The molecule has 1 saturated heterocycles. The van der Waals surface area contributed by atoms with Crippen LogP contribution in [0, 0.1) is 0 Å². The molecule has 0 radical (unpaired) electrons. The van der Waals surface area contributed by atoms with E-state index in [0.717, 1.165) is 6.54 Å². The third kappa shape index (κ3) is 2.67. The van der Waals surface area contributed by atoms with Crippen LogP contribution >= 0.6 is 0 Å². The minimum Gasteiger partial charge on any atom is -0.481 e. The molecule has 62 valence electrons. The van der Waals surface area contributed by atoms with Crippen molar-refractivity contribution in [1.82, 2.24) is 4.90 Å². The summed E-state index contributed by atoms with van der Waals surface area (Å²) < 4.78 is 0. The van der Waals surface area contributed by atoms with Crippen LogP contribution < -0.4 is 0 Å². The van der Waals surface area contributed by atoms with Gasteiger partial charge in [0.15, 0.2) is 0 Å². The number of Topliss-reactive ketones (excluding diaryl/α,β-unsaturated/α-hetero) is 1. The lowest BCUT2D eigenvalue weighted by molar-refractivity contribution is -0.137. The van der Waals surface area contributed by atoms with Crippen molar-refractivity contribution in [2.24, 2.45) is 0 Å². The maximum Gasteiger partial charge on any atom is 0.304 e. The number of rotatable bonds is 3. The molecule has 0 aliphatic carbocycles. The van der Waals surface area contributed by atoms with Gasteiger partial charge in [-0.2, -0.15) is 0 Å². The SMILES string of the molecule is O=C(O)CCN1CCC(=O)C1. The van der Waals surface area contributed by atoms with E-state index in [4.69, 9.17) is 5.11 Å². The highest BCUT2D eigenvalue weighted by Gasteiger charge is 2.18. The number of carbonyl (C=O) groups excluding carboxylic acids is 1. The molecule has 1 fully saturated rings. The number of hydrogen-bond acceptors (Lipinski definition) is 3. The molecular formula is C7H11NO3. The van der Waals surface area contributed by atoms with Crippen molar-refractivity contribution in [3.05, 3.63) is 0 Å². The van der Waals surface area contributed by atoms with Gasteiger partial charge in [0.1, 0.15) is 5.78 Å². The lowest BCUT2D eigenvalue weighted by Crippen LogP contribution is -2.23. The molecule has 0 unspecified atom stereocenters. The number of carboxylic acids is 1. The summed E-state index contributed by atoms with van der Waals surface area (Å²) in [4.78, 5) is 22.7. The van der Waals surface area contributed by atoms with E-state index in [0.29, 0.717) is 19.5 Å². The maximum atomic E-state index is 10.7. The van der Waals surface area contributed by atoms with E-state index in [1.807, 2.05) is 4.90 Å². The van der Waals surface area contributed by atoms with Crippen LogP contribution in [0.15, 0.2) is 0 Å². The molecule has 1 aliphatic rings. The predicted molar refractivity (Wildman–Crippen MR) is 38.3 cm³/mol. The fourth-order valence-corrected chi connectivity index (χ4v) is 1.13. The maximum absolute atomic E-state index is 10.7. The van der Waals surface area contributed by atoms with E-state index in [1.54, 1.807) is 0 Å². The van der Waals surface area contributed by atoms with Crippen LogP contribution in [0.1, 0.15) is 12.8 Å². The van der Waals surface area contributed by atoms with Gasteiger partial charge < -0.3 is 5.11 Å². The Morgan fingerprint density at radius 1 is 1.64 bits per heavy atom. The van der Waals surface area contributed by atoms with E-state index in [9.17, 15) is 9.59 Å². The Hall–Kier alpha value is -0.900. The van der Waals surface area contributed by atoms with Gasteiger partial charge in [0.05, 0.1) is 13.0 Å². The first-order valence-corrected chi connectivity index (χ1v) is 3.64. The highest BCUT2D eigenvalue weighted by Crippen LogP contribution is 2.03. The van der Waals surface area contributed by atoms with Crippen LogP contribution in [-0.4, -0.2) is 41.4 Å². The van der Waals surface area contributed by atoms with E-state index >= 15 is 0 Å². The quantitative estimate of drug-likeness (QED) is 0.613. The third-order valence-electron chi connectivity index (χ3n) is 1.75. The average Bonchev–Trinajstić information content (AvgIpc) is 2.31. The first kappa shape index (κ1) is 8.20. The molecule has 1 N–H and O–H groups in total. The van der Waals surface area contributed by atoms with Gasteiger partial charge in [0.2, 0.25) is 0 Å². The molecule has 0 saturated carbocycles. The van der Waals surface area contributed by atoms with E-state index in [2.05, 4.69) is 0 Å². The molecule has 0 aromatic rings. The van der Waals surface area contributed by atoms with Gasteiger partial charge in [-0.3, -0.25) is 14.5 Å². The number of carbonyl (C=O) groups is 2. The van der Waals surface area contributed by atoms with Crippen molar-refractivity contribution in [2.75, 3.05) is 19.6 Å². The van der Waals surface area contributed by atoms with Crippen LogP contribution in [0.5, 0.6) is 0 Å². The van der Waals surface area contributed by atoms with Crippen molar-refractivity contribution in [3.8, 4) is 0 Å². The fourth-order valence-electron chi connectivity index (χ4n) is 1.13. The molecule has 1 rings (SSSR count). The Morgan fingerprint density at radius 2 is 2.36 bits per heavy atom. The van der Waals surface area contributed by atoms with Crippen LogP contribution in [0.4, 0.5) is 0 Å². The lowest BCUT2D eigenvalue weighted by Gasteiger charge is -2.10. The summed E-state index contributed by atoms with van der Waals surface area (Å²) in [7, 11) is 0. The molecule has 4 nitrogen and oxygen atoms in total. The Balaban J connectivity index is 2.18. The Labute approximate surface area is 64.8 Å². The summed E-state index contributed by atoms with van der Waals surface area (Å²) in [5.41, 5.74) is 0. The van der Waals surface area contributed by atoms with Gasteiger partial charge in [0.25, 0.3) is 0 Å². The summed E-state index contributed by atoms with van der Waals surface area (Å²) in [6, 6.07) is 0. The summed E-state index contributed by atoms with van der Waals surface area (Å²) in [6.45, 7) is 1.67. The molecule has 0 atom stereocenters. The van der Waals surface area contributed by atoms with Crippen molar-refractivity contribution in [1.29, 1.82) is 0 Å². The zero-order valence-corrected chi connectivity index (χ0v) is 6.25. The number of ketones is 1. The second-order valence-electron chi connectivity index (χ2n) is 2.71. The van der Waals surface area contributed by atoms with Crippen molar-refractivity contribution in [2.45, 2.75) is 12.8 Å². The first-order chi connectivity index (χ1) is 5.18. The van der Waals surface area contributed by atoms with Gasteiger partial charge in [0, 0.05) is 19.5 Å². The number of nitrogens with zero attached hydrogens (tertiary/aromatic N) is 1. The van der Waals surface area contributed by atoms with Crippen molar-refractivity contribution >= 4 is 11.8 Å². The topological polar surface area (TPSA) is 57.6 Å². The predicted octanol–water partition coefficient (Wildman–Crippen LogP) is -0.264. The van der Waals surface area contributed by atoms with Gasteiger partial charge in [-0.05, 0) is 0 Å². The molecule has 0 aromatic heterocycles. The minimum absolute atomic E-state index is 0.132. The molecule has 0 amide bonds. The average molecular weight is 157 g/mol. The third-order valence-corrected chi connectivity index (χ3v) is 1.75. The normalized spacial score (nSPS) is 19.1. The molecule has 0 spiro atoms. The first-order valence-electron chi connectivity index (χ1n) is 3.64. The number of hydrogen-bond donors (Lipinski definition) is 1. The van der Waals surface area contributed by atoms with E-state index in [-0.39, 0.29) is 12.2 Å². The van der Waals surface area contributed by atoms with Crippen molar-refractivity contribution < 1.29 is 14.7 Å². The lowest BCUT2D eigenvalue weighted by atomic mass is 10.4. The highest BCUT2D eigenvalue weighted by molar-refractivity contribution is 5.82. The number of carboxylic acid groups (broad SMARTS) is 1. The second-order valence-corrected chi connectivity index (χ2v) is 2.71. The minimum atomic E-state index is -0.802. The molecule has 0 aromatic carbocycles. The standard InChI is InChI=1S/C7H11NO3/c9-6-1-3-8(5-6)4-2-7(10)11/h1-5H2,(H,10,11). The van der Waals surface area contributed by atoms with Crippen LogP contribution in [0.3, 0.4) is 0 Å². The monoisotopic (exact) mass is 157 g/mol. The number of likely N-dealkylation sites (tertiary alicyclic amines) is 1. The molecule has 11 heavy (non-hydrogen) atoms. The van der Waals surface area contributed by atoms with Gasteiger partial charge in [-0.1, -0.05) is 0 Å². The Morgan fingerprint density at radius 3 is 2.82 bits per heavy atom. The Bertz CT molecular complexity index is 179. The van der Waals surface area contributed by atoms with Crippen molar-refractivity contribution in [3.63, 3.8) is 0 Å². The summed E-state index contributed by atoms with van der Waals surface area (Å²) >= 11 is 0. The number of aliphatic carboxylic acids is 1. The molecule has 0 bridgehead atoms. The molecular weight excluding hydrogens is 146 g/mol. The highest BCUT2D eigenvalue weighted by atomic mass is 16.4. The van der Waals surface area contributed by atoms with Gasteiger partial charge in [-0.15, -0.1) is 0 Å². The zero-order valence-electron chi connectivity index (χ0n) is 6.25. The second kappa shape index (κ2) is 3.48. The summed E-state index contributed by atoms with van der Waals surface area (Å²) in [5, 5.41) is 8.33. The van der Waals surface area contributed by atoms with Crippen LogP contribution in [-0.2, 0) is 9.59 Å². The van der Waals surface area contributed by atoms with E-state index < -0.39 is 5.97 Å². The molecule has 1 heterocycles. The van der Waals surface area contributed by atoms with Gasteiger partial charge in [-0.25, -0.2) is 0 Å². The Kier molecular flexibility index (Phi) is 2.59. The molecule has 1 aliphatic heterocycles. The zero-order chi connectivity index (χ0) is 8.27. The largest absolute Gasteiger partial charge is 0.481 e. The summed E-state index contributed by atoms with van der Waals surface area (Å²) in [5.74, 6) is -0.584. The van der Waals surface area contributed by atoms with Gasteiger partial charge >= 0.3 is 5.97 Å². The molecule has 4 heteroatoms.